The van der Waals surface area contributed by atoms with Crippen molar-refractivity contribution in [3.63, 3.8) is 0 Å². The second kappa shape index (κ2) is 16.1. The monoisotopic (exact) mass is 725 g/mol. The topological polar surface area (TPSA) is 141 Å². The fraction of sp³-hybridized carbons (Fsp3) is 0.450. The van der Waals surface area contributed by atoms with Gasteiger partial charge in [0, 0.05) is 55.2 Å². The molecule has 3 N–H and O–H groups in total. The van der Waals surface area contributed by atoms with E-state index in [1.807, 2.05) is 58.3 Å². The molecule has 8 rings (SSSR count). The number of aromatic nitrogens is 1. The molecule has 0 spiro atoms. The van der Waals surface area contributed by atoms with Crippen LogP contribution < -0.4 is 19.9 Å². The fourth-order valence-electron chi connectivity index (χ4n) is 8.03. The number of nitrogens with two attached hydrogens (primary N) is 1. The summed E-state index contributed by atoms with van der Waals surface area (Å²) in [5.41, 5.74) is 10.5. The summed E-state index contributed by atoms with van der Waals surface area (Å²) in [5.74, 6) is 2.09. The van der Waals surface area contributed by atoms with Gasteiger partial charge >= 0.3 is 0 Å². The van der Waals surface area contributed by atoms with Gasteiger partial charge in [-0.1, -0.05) is 36.4 Å². The number of hydrogen-bond donors (Lipinski definition) is 2. The Kier molecular flexibility index (Phi) is 10.8. The van der Waals surface area contributed by atoms with E-state index in [4.69, 9.17) is 34.2 Å². The molecule has 2 saturated heterocycles. The number of aromatic amines is 1. The molecule has 0 radical (unpaired) electrons. The first kappa shape index (κ1) is 35.4. The minimum atomic E-state index is -0.592. The van der Waals surface area contributed by atoms with Crippen LogP contribution in [-0.2, 0) is 36.8 Å². The molecule has 13 heteroatoms. The van der Waals surface area contributed by atoms with Gasteiger partial charge in [-0.15, -0.1) is 0 Å². The van der Waals surface area contributed by atoms with Crippen molar-refractivity contribution in [3.05, 3.63) is 89.1 Å². The highest BCUT2D eigenvalue weighted by molar-refractivity contribution is 5.98. The summed E-state index contributed by atoms with van der Waals surface area (Å²) in [5, 5.41) is 1.09. The van der Waals surface area contributed by atoms with E-state index < -0.39 is 12.1 Å². The second-order valence-corrected chi connectivity index (χ2v) is 13.9. The van der Waals surface area contributed by atoms with Gasteiger partial charge in [0.2, 0.25) is 18.6 Å². The van der Waals surface area contributed by atoms with E-state index in [0.29, 0.717) is 70.7 Å². The molecule has 13 nitrogen and oxygen atoms in total. The number of H-pyrrole nitrogens is 1. The maximum atomic E-state index is 14.5. The Bertz CT molecular complexity index is 1900. The lowest BCUT2D eigenvalue weighted by molar-refractivity contribution is -0.160. The summed E-state index contributed by atoms with van der Waals surface area (Å²) in [4.78, 5) is 38.3. The SMILES string of the molecule is NCCOCCOCCOCCOc1ccc(CN2CC[C@H](N3CC(=O)N4[C@H](c5ccc6c(c5)OCO6)c5[nH]c6ccccc6c5C[C@@H]4C3=O)C2)cc1. The number of carbonyl (C=O) groups is 2. The molecular formula is C40H47N5O8. The van der Waals surface area contributed by atoms with Crippen molar-refractivity contribution in [2.75, 3.05) is 79.2 Å². The van der Waals surface area contributed by atoms with Gasteiger partial charge in [-0.05, 0) is 53.4 Å². The Morgan fingerprint density at radius 2 is 1.60 bits per heavy atom. The van der Waals surface area contributed by atoms with Gasteiger partial charge in [-0.3, -0.25) is 14.5 Å². The van der Waals surface area contributed by atoms with Crippen LogP contribution in [0.1, 0.15) is 34.8 Å². The van der Waals surface area contributed by atoms with Crippen LogP contribution in [0.3, 0.4) is 0 Å². The Morgan fingerprint density at radius 3 is 2.42 bits per heavy atom. The standard InChI is InChI=1S/C40H47N5O8/c41-12-14-48-15-16-49-17-18-50-19-20-51-30-8-5-27(6-9-30)23-43-13-11-29(24-43)44-25-37(46)45-34(40(44)47)22-32-31-3-1-2-4-33(31)42-38(32)39(45)28-7-10-35-36(21-28)53-26-52-35/h1-10,21,29,34,39,42H,11-20,22-26,41H2/t29-,34+,39+/m0/s1. The van der Waals surface area contributed by atoms with Crippen LogP contribution in [0.25, 0.3) is 10.9 Å². The van der Waals surface area contributed by atoms with Gasteiger partial charge in [0.15, 0.2) is 11.5 Å². The Balaban J connectivity index is 0.868. The molecule has 5 heterocycles. The zero-order valence-corrected chi connectivity index (χ0v) is 29.9. The number of nitrogens with zero attached hydrogens (tertiary/aromatic N) is 3. The van der Waals surface area contributed by atoms with Crippen LogP contribution >= 0.6 is 0 Å². The second-order valence-electron chi connectivity index (χ2n) is 13.9. The van der Waals surface area contributed by atoms with Gasteiger partial charge < -0.3 is 48.9 Å². The van der Waals surface area contributed by atoms with E-state index in [2.05, 4.69) is 28.1 Å². The van der Waals surface area contributed by atoms with Crippen LogP contribution in [0, 0.1) is 0 Å². The van der Waals surface area contributed by atoms with Gasteiger partial charge in [-0.25, -0.2) is 0 Å². The zero-order valence-electron chi connectivity index (χ0n) is 29.9. The van der Waals surface area contributed by atoms with E-state index in [1.54, 1.807) is 0 Å². The third-order valence-corrected chi connectivity index (χ3v) is 10.5. The first-order valence-electron chi connectivity index (χ1n) is 18.6. The van der Waals surface area contributed by atoms with Crippen molar-refractivity contribution in [1.29, 1.82) is 0 Å². The predicted molar refractivity (Wildman–Crippen MR) is 196 cm³/mol. The van der Waals surface area contributed by atoms with Crippen molar-refractivity contribution >= 4 is 22.7 Å². The van der Waals surface area contributed by atoms with Crippen molar-refractivity contribution in [2.45, 2.75) is 37.5 Å². The number of ether oxygens (including phenoxy) is 6. The number of rotatable bonds is 16. The number of benzene rings is 3. The molecule has 4 aliphatic rings. The van der Waals surface area contributed by atoms with Gasteiger partial charge in [0.1, 0.15) is 24.9 Å². The largest absolute Gasteiger partial charge is 0.491 e. The van der Waals surface area contributed by atoms with Crippen molar-refractivity contribution in [1.82, 2.24) is 19.7 Å². The molecule has 0 aliphatic carbocycles. The van der Waals surface area contributed by atoms with Gasteiger partial charge in [0.25, 0.3) is 0 Å². The smallest absolute Gasteiger partial charge is 0.246 e. The summed E-state index contributed by atoms with van der Waals surface area (Å²) in [6.45, 7) is 6.61. The first-order valence-corrected chi connectivity index (χ1v) is 18.6. The summed E-state index contributed by atoms with van der Waals surface area (Å²) < 4.78 is 33.5. The maximum absolute atomic E-state index is 14.5. The number of fused-ring (bicyclic) bond motifs is 5. The summed E-state index contributed by atoms with van der Waals surface area (Å²) >= 11 is 0. The number of carbonyl (C=O) groups excluding carboxylic acids is 2. The number of amides is 2. The molecule has 3 atom stereocenters. The van der Waals surface area contributed by atoms with E-state index in [9.17, 15) is 9.59 Å². The van der Waals surface area contributed by atoms with E-state index in [0.717, 1.165) is 59.5 Å². The summed E-state index contributed by atoms with van der Waals surface area (Å²) in [6.07, 6.45) is 1.29. The molecule has 1 aromatic heterocycles. The molecular weight excluding hydrogens is 678 g/mol. The Labute approximate surface area is 308 Å². The van der Waals surface area contributed by atoms with Crippen LogP contribution in [0.15, 0.2) is 66.7 Å². The lowest BCUT2D eigenvalue weighted by Gasteiger charge is -2.48. The molecule has 53 heavy (non-hydrogen) atoms. The molecule has 280 valence electrons. The molecule has 4 aromatic rings. The number of nitrogens with one attached hydrogen (secondary N) is 1. The van der Waals surface area contributed by atoms with Crippen molar-refractivity contribution in [3.8, 4) is 17.2 Å². The highest BCUT2D eigenvalue weighted by Gasteiger charge is 2.50. The Hall–Kier alpha value is -4.66. The molecule has 0 bridgehead atoms. The number of piperazine rings is 1. The lowest BCUT2D eigenvalue weighted by atomic mass is 9.85. The molecule has 2 fully saturated rings. The van der Waals surface area contributed by atoms with Crippen LogP contribution in [0.4, 0.5) is 0 Å². The van der Waals surface area contributed by atoms with Crippen LogP contribution in [0.2, 0.25) is 0 Å². The number of hydrogen-bond acceptors (Lipinski definition) is 10. The van der Waals surface area contributed by atoms with E-state index in [1.165, 1.54) is 5.56 Å². The molecule has 4 aliphatic heterocycles. The van der Waals surface area contributed by atoms with E-state index in [-0.39, 0.29) is 31.2 Å². The third-order valence-electron chi connectivity index (χ3n) is 10.5. The average molecular weight is 726 g/mol. The normalized spacial score (nSPS) is 21.0. The number of para-hydroxylation sites is 1. The molecule has 0 unspecified atom stereocenters. The minimum absolute atomic E-state index is 0.0176. The van der Waals surface area contributed by atoms with Gasteiger partial charge in [0.05, 0.1) is 45.7 Å². The molecule has 3 aromatic carbocycles. The van der Waals surface area contributed by atoms with Crippen molar-refractivity contribution in [2.24, 2.45) is 5.73 Å². The lowest BCUT2D eigenvalue weighted by Crippen LogP contribution is -2.65. The average Bonchev–Trinajstić information content (AvgIpc) is 3.94. The highest BCUT2D eigenvalue weighted by atomic mass is 16.7. The van der Waals surface area contributed by atoms with Crippen LogP contribution in [-0.4, -0.2) is 123 Å². The zero-order chi connectivity index (χ0) is 36.1. The first-order chi connectivity index (χ1) is 26.1. The Morgan fingerprint density at radius 1 is 0.849 bits per heavy atom. The summed E-state index contributed by atoms with van der Waals surface area (Å²) in [6, 6.07) is 21.0. The maximum Gasteiger partial charge on any atom is 0.246 e. The van der Waals surface area contributed by atoms with Crippen molar-refractivity contribution < 1.29 is 38.0 Å². The minimum Gasteiger partial charge on any atom is -0.491 e. The van der Waals surface area contributed by atoms with E-state index >= 15 is 0 Å². The fourth-order valence-corrected chi connectivity index (χ4v) is 8.03. The molecule has 0 saturated carbocycles. The predicted octanol–water partition coefficient (Wildman–Crippen LogP) is 3.24. The quantitative estimate of drug-likeness (QED) is 0.166. The molecule has 2 amide bonds. The van der Waals surface area contributed by atoms with Gasteiger partial charge in [-0.2, -0.15) is 0 Å². The highest BCUT2D eigenvalue weighted by Crippen LogP contribution is 2.45. The summed E-state index contributed by atoms with van der Waals surface area (Å²) in [7, 11) is 0. The number of likely N-dealkylation sites (tertiary alicyclic amines) is 1. The third kappa shape index (κ3) is 7.58. The van der Waals surface area contributed by atoms with Crippen LogP contribution in [0.5, 0.6) is 17.2 Å².